The molecule has 2 N–H and O–H groups in total. The van der Waals surface area contributed by atoms with Gasteiger partial charge in [0.1, 0.15) is 5.76 Å². The molecule has 1 aliphatic rings. The van der Waals surface area contributed by atoms with E-state index in [1.165, 1.54) is 5.56 Å². The molecule has 0 fully saturated rings. The lowest BCUT2D eigenvalue weighted by atomic mass is 9.93. The number of fused-ring (bicyclic) bond motifs is 1. The number of rotatable bonds is 3. The van der Waals surface area contributed by atoms with Gasteiger partial charge in [0.2, 0.25) is 0 Å². The third-order valence-corrected chi connectivity index (χ3v) is 4.19. The second-order valence-electron chi connectivity index (χ2n) is 6.12. The van der Waals surface area contributed by atoms with Crippen molar-refractivity contribution in [3.05, 3.63) is 53.5 Å². The van der Waals surface area contributed by atoms with E-state index in [1.807, 2.05) is 18.2 Å². The number of carbonyl (C=O) groups is 1. The zero-order chi connectivity index (χ0) is 15.5. The maximum absolute atomic E-state index is 12.2. The molecule has 1 atom stereocenters. The number of hydrogen-bond donors (Lipinski definition) is 2. The minimum atomic E-state index is -0.170. The van der Waals surface area contributed by atoms with Crippen LogP contribution >= 0.6 is 0 Å². The Kier molecular flexibility index (Phi) is 4.18. The van der Waals surface area contributed by atoms with E-state index in [2.05, 4.69) is 36.6 Å². The third-order valence-electron chi connectivity index (χ3n) is 4.19. The predicted octanol–water partition coefficient (Wildman–Crippen LogP) is 4.60. The van der Waals surface area contributed by atoms with E-state index in [0.717, 1.165) is 36.3 Å². The highest BCUT2D eigenvalue weighted by Crippen LogP contribution is 2.30. The summed E-state index contributed by atoms with van der Waals surface area (Å²) in [6.45, 7) is 4.31. The molecule has 1 aromatic carbocycles. The fourth-order valence-electron chi connectivity index (χ4n) is 2.91. The van der Waals surface area contributed by atoms with Crippen LogP contribution in [-0.4, -0.2) is 6.03 Å². The van der Waals surface area contributed by atoms with Crippen molar-refractivity contribution >= 4 is 11.7 Å². The van der Waals surface area contributed by atoms with Gasteiger partial charge >= 0.3 is 6.03 Å². The Bertz CT molecular complexity index is 643. The van der Waals surface area contributed by atoms with Crippen molar-refractivity contribution in [2.45, 2.75) is 45.1 Å². The number of nitrogens with one attached hydrogen (secondary N) is 2. The minimum absolute atomic E-state index is 0.0393. The molecular formula is C18H22N2O2. The van der Waals surface area contributed by atoms with E-state index < -0.39 is 0 Å². The Morgan fingerprint density at radius 1 is 1.23 bits per heavy atom. The number of furan rings is 1. The SMILES string of the molecule is CC(C)c1ccc(NC(=O)NC2CCCc3occc32)cc1. The van der Waals surface area contributed by atoms with Gasteiger partial charge in [-0.1, -0.05) is 26.0 Å². The predicted molar refractivity (Wildman–Crippen MR) is 87.1 cm³/mol. The summed E-state index contributed by atoms with van der Waals surface area (Å²) in [7, 11) is 0. The monoisotopic (exact) mass is 298 g/mol. The zero-order valence-electron chi connectivity index (χ0n) is 13.1. The first-order chi connectivity index (χ1) is 10.6. The average Bonchev–Trinajstić information content (AvgIpc) is 2.97. The molecule has 1 heterocycles. The van der Waals surface area contributed by atoms with Crippen LogP contribution in [0.4, 0.5) is 10.5 Å². The second-order valence-corrected chi connectivity index (χ2v) is 6.12. The summed E-state index contributed by atoms with van der Waals surface area (Å²) < 4.78 is 5.45. The second kappa shape index (κ2) is 6.26. The minimum Gasteiger partial charge on any atom is -0.469 e. The van der Waals surface area contributed by atoms with Gasteiger partial charge in [0.15, 0.2) is 0 Å². The molecule has 0 radical (unpaired) electrons. The molecule has 0 bridgehead atoms. The Morgan fingerprint density at radius 3 is 2.73 bits per heavy atom. The molecule has 1 unspecified atom stereocenters. The number of anilines is 1. The molecule has 0 saturated carbocycles. The number of urea groups is 1. The number of hydrogen-bond acceptors (Lipinski definition) is 2. The van der Waals surface area contributed by atoms with Crippen LogP contribution in [0, 0.1) is 0 Å². The summed E-state index contributed by atoms with van der Waals surface area (Å²) >= 11 is 0. The van der Waals surface area contributed by atoms with E-state index in [1.54, 1.807) is 6.26 Å². The van der Waals surface area contributed by atoms with Gasteiger partial charge in [0.25, 0.3) is 0 Å². The van der Waals surface area contributed by atoms with E-state index in [0.29, 0.717) is 5.92 Å². The number of amides is 2. The molecule has 4 nitrogen and oxygen atoms in total. The molecule has 3 rings (SSSR count). The van der Waals surface area contributed by atoms with Crippen molar-refractivity contribution in [1.29, 1.82) is 0 Å². The van der Waals surface area contributed by atoms with Crippen LogP contribution in [-0.2, 0) is 6.42 Å². The van der Waals surface area contributed by atoms with Crippen molar-refractivity contribution in [2.75, 3.05) is 5.32 Å². The van der Waals surface area contributed by atoms with Crippen molar-refractivity contribution in [1.82, 2.24) is 5.32 Å². The van der Waals surface area contributed by atoms with E-state index in [9.17, 15) is 4.79 Å². The Morgan fingerprint density at radius 2 is 2.00 bits per heavy atom. The van der Waals surface area contributed by atoms with Crippen LogP contribution in [0.2, 0.25) is 0 Å². The van der Waals surface area contributed by atoms with Gasteiger partial charge in [-0.25, -0.2) is 4.79 Å². The summed E-state index contributed by atoms with van der Waals surface area (Å²) in [6, 6.07) is 9.81. The lowest BCUT2D eigenvalue weighted by Gasteiger charge is -2.22. The van der Waals surface area contributed by atoms with Crippen LogP contribution < -0.4 is 10.6 Å². The van der Waals surface area contributed by atoms with Gasteiger partial charge in [0, 0.05) is 17.7 Å². The van der Waals surface area contributed by atoms with Gasteiger partial charge in [-0.3, -0.25) is 0 Å². The van der Waals surface area contributed by atoms with E-state index >= 15 is 0 Å². The fourth-order valence-corrected chi connectivity index (χ4v) is 2.91. The fraction of sp³-hybridized carbons (Fsp3) is 0.389. The standard InChI is InChI=1S/C18H22N2O2/c1-12(2)13-6-8-14(9-7-13)19-18(21)20-16-4-3-5-17-15(16)10-11-22-17/h6-12,16H,3-5H2,1-2H3,(H2,19,20,21). The molecule has 2 aromatic rings. The lowest BCUT2D eigenvalue weighted by Crippen LogP contribution is -2.34. The van der Waals surface area contributed by atoms with E-state index in [4.69, 9.17) is 4.42 Å². The number of carbonyl (C=O) groups excluding carboxylic acids is 1. The summed E-state index contributed by atoms with van der Waals surface area (Å²) in [4.78, 5) is 12.2. The molecular weight excluding hydrogens is 276 g/mol. The summed E-state index contributed by atoms with van der Waals surface area (Å²) in [5.41, 5.74) is 3.18. The smallest absolute Gasteiger partial charge is 0.319 e. The number of aryl methyl sites for hydroxylation is 1. The highest BCUT2D eigenvalue weighted by molar-refractivity contribution is 5.89. The first-order valence-corrected chi connectivity index (χ1v) is 7.87. The molecule has 1 aromatic heterocycles. The van der Waals surface area contributed by atoms with Crippen LogP contribution in [0.5, 0.6) is 0 Å². The number of benzene rings is 1. The molecule has 0 spiro atoms. The normalized spacial score (nSPS) is 17.1. The molecule has 2 amide bonds. The van der Waals surface area contributed by atoms with E-state index in [-0.39, 0.29) is 12.1 Å². The first kappa shape index (κ1) is 14.7. The van der Waals surface area contributed by atoms with Crippen molar-refractivity contribution in [3.63, 3.8) is 0 Å². The summed E-state index contributed by atoms with van der Waals surface area (Å²) in [5.74, 6) is 1.49. The maximum atomic E-state index is 12.2. The Hall–Kier alpha value is -2.23. The molecule has 22 heavy (non-hydrogen) atoms. The summed E-state index contributed by atoms with van der Waals surface area (Å²) in [5, 5.41) is 5.93. The maximum Gasteiger partial charge on any atom is 0.319 e. The van der Waals surface area contributed by atoms with Gasteiger partial charge in [-0.2, -0.15) is 0 Å². The summed E-state index contributed by atoms with van der Waals surface area (Å²) in [6.07, 6.45) is 4.65. The molecule has 116 valence electrons. The first-order valence-electron chi connectivity index (χ1n) is 7.87. The van der Waals surface area contributed by atoms with Gasteiger partial charge in [0.05, 0.1) is 12.3 Å². The zero-order valence-corrected chi connectivity index (χ0v) is 13.1. The third kappa shape index (κ3) is 3.16. The highest BCUT2D eigenvalue weighted by Gasteiger charge is 2.23. The van der Waals surface area contributed by atoms with Crippen LogP contribution in [0.3, 0.4) is 0 Å². The van der Waals surface area contributed by atoms with Gasteiger partial charge < -0.3 is 15.1 Å². The van der Waals surface area contributed by atoms with Crippen LogP contribution in [0.15, 0.2) is 41.0 Å². The van der Waals surface area contributed by atoms with Crippen molar-refractivity contribution < 1.29 is 9.21 Å². The van der Waals surface area contributed by atoms with Crippen LogP contribution in [0.25, 0.3) is 0 Å². The molecule has 0 aliphatic heterocycles. The van der Waals surface area contributed by atoms with Crippen LogP contribution in [0.1, 0.15) is 55.5 Å². The lowest BCUT2D eigenvalue weighted by molar-refractivity contribution is 0.246. The van der Waals surface area contributed by atoms with Gasteiger partial charge in [-0.15, -0.1) is 0 Å². The largest absolute Gasteiger partial charge is 0.469 e. The Labute approximate surface area is 130 Å². The highest BCUT2D eigenvalue weighted by atomic mass is 16.3. The van der Waals surface area contributed by atoms with Gasteiger partial charge in [-0.05, 0) is 42.5 Å². The van der Waals surface area contributed by atoms with Crippen molar-refractivity contribution in [3.8, 4) is 0 Å². The van der Waals surface area contributed by atoms with Crippen molar-refractivity contribution in [2.24, 2.45) is 0 Å². The molecule has 4 heteroatoms. The average molecular weight is 298 g/mol. The topological polar surface area (TPSA) is 54.3 Å². The quantitative estimate of drug-likeness (QED) is 0.870. The molecule has 0 saturated heterocycles. The Balaban J connectivity index is 1.61. The molecule has 1 aliphatic carbocycles.